The summed E-state index contributed by atoms with van der Waals surface area (Å²) < 4.78 is 30.6. The van der Waals surface area contributed by atoms with Crippen molar-refractivity contribution in [2.24, 2.45) is 0 Å². The Morgan fingerprint density at radius 1 is 1.08 bits per heavy atom. The van der Waals surface area contributed by atoms with E-state index in [1.165, 1.54) is 0 Å². The fraction of sp³-hybridized carbons (Fsp3) is 0.481. The molecule has 0 aromatic heterocycles. The van der Waals surface area contributed by atoms with Crippen LogP contribution in [0, 0.1) is 0 Å². The lowest BCUT2D eigenvalue weighted by Gasteiger charge is -2.47. The first-order chi connectivity index (χ1) is 17.2. The molecule has 1 fully saturated rings. The maximum atomic E-state index is 13.7. The molecular weight excluding hydrogens is 537 g/mol. The molecule has 3 rings (SSSR count). The van der Waals surface area contributed by atoms with E-state index in [4.69, 9.17) is 27.9 Å². The minimum atomic E-state index is -3.33. The predicted molar refractivity (Wildman–Crippen MR) is 145 cm³/mol. The second-order valence-electron chi connectivity index (χ2n) is 10.4. The molecule has 1 aliphatic rings. The van der Waals surface area contributed by atoms with E-state index in [9.17, 15) is 23.1 Å². The van der Waals surface area contributed by atoms with Crippen LogP contribution in [0.25, 0.3) is 0 Å². The van der Waals surface area contributed by atoms with Gasteiger partial charge in [-0.05, 0) is 75.9 Å². The fourth-order valence-corrected chi connectivity index (χ4v) is 5.98. The Balaban J connectivity index is 2.03. The molecule has 37 heavy (non-hydrogen) atoms. The number of sulfone groups is 1. The van der Waals surface area contributed by atoms with Crippen molar-refractivity contribution in [3.05, 3.63) is 69.7 Å². The molecule has 0 saturated carbocycles. The van der Waals surface area contributed by atoms with Crippen molar-refractivity contribution in [1.29, 1.82) is 0 Å². The molecular formula is C27H33Cl2NO6S. The quantitative estimate of drug-likeness (QED) is 0.405. The van der Waals surface area contributed by atoms with Gasteiger partial charge in [0.05, 0.1) is 23.0 Å². The number of rotatable bonds is 9. The third-order valence-electron chi connectivity index (χ3n) is 6.62. The Morgan fingerprint density at radius 3 is 2.30 bits per heavy atom. The number of hydrogen-bond acceptors (Lipinski definition) is 5. The molecule has 1 saturated heterocycles. The maximum Gasteiger partial charge on any atom is 0.306 e. The van der Waals surface area contributed by atoms with Gasteiger partial charge in [0.1, 0.15) is 12.2 Å². The van der Waals surface area contributed by atoms with Crippen LogP contribution in [0.5, 0.6) is 0 Å². The van der Waals surface area contributed by atoms with Crippen molar-refractivity contribution in [3.63, 3.8) is 0 Å². The molecule has 1 amide bonds. The number of morpholine rings is 1. The second-order valence-corrected chi connectivity index (χ2v) is 14.1. The lowest BCUT2D eigenvalue weighted by molar-refractivity contribution is -0.183. The smallest absolute Gasteiger partial charge is 0.306 e. The van der Waals surface area contributed by atoms with Gasteiger partial charge in [-0.3, -0.25) is 9.59 Å². The first-order valence-electron chi connectivity index (χ1n) is 12.1. The van der Waals surface area contributed by atoms with E-state index in [-0.39, 0.29) is 5.75 Å². The average Bonchev–Trinajstić information content (AvgIpc) is 2.79. The van der Waals surface area contributed by atoms with Gasteiger partial charge < -0.3 is 14.7 Å². The lowest BCUT2D eigenvalue weighted by Crippen LogP contribution is -2.54. The number of halogens is 2. The van der Waals surface area contributed by atoms with Gasteiger partial charge in [-0.25, -0.2) is 8.42 Å². The summed E-state index contributed by atoms with van der Waals surface area (Å²) in [7, 11) is -3.33. The molecule has 2 aromatic carbocycles. The number of hydrogen-bond donors (Lipinski definition) is 1. The van der Waals surface area contributed by atoms with Gasteiger partial charge in [0, 0.05) is 16.1 Å². The zero-order valence-corrected chi connectivity index (χ0v) is 23.7. The van der Waals surface area contributed by atoms with E-state index in [1.807, 2.05) is 25.1 Å². The number of carboxylic acids is 1. The zero-order chi connectivity index (χ0) is 27.5. The SMILES string of the molecule is C[C@@H](CCCS(=O)(=O)C(C)(C)C)N1C(=O)[C@H](CC(=O)O)O[C@H](c2cccc(Cl)c2)[C@H]1c1ccc(Cl)cc1. The summed E-state index contributed by atoms with van der Waals surface area (Å²) in [6.07, 6.45) is -1.64. The van der Waals surface area contributed by atoms with E-state index in [2.05, 4.69) is 0 Å². The Bertz CT molecular complexity index is 1230. The van der Waals surface area contributed by atoms with Gasteiger partial charge in [0.25, 0.3) is 5.91 Å². The first-order valence-corrected chi connectivity index (χ1v) is 14.5. The molecule has 0 spiro atoms. The summed E-state index contributed by atoms with van der Waals surface area (Å²) >= 11 is 12.4. The molecule has 7 nitrogen and oxygen atoms in total. The Kier molecular flexibility index (Phi) is 9.32. The molecule has 0 aliphatic carbocycles. The van der Waals surface area contributed by atoms with Gasteiger partial charge in [-0.1, -0.05) is 47.5 Å². The van der Waals surface area contributed by atoms with Crippen LogP contribution in [-0.2, 0) is 24.2 Å². The highest BCUT2D eigenvalue weighted by molar-refractivity contribution is 7.92. The monoisotopic (exact) mass is 569 g/mol. The number of ether oxygens (including phenoxy) is 1. The summed E-state index contributed by atoms with van der Waals surface area (Å²) in [5.41, 5.74) is 1.45. The van der Waals surface area contributed by atoms with E-state index in [1.54, 1.807) is 56.0 Å². The average molecular weight is 571 g/mol. The molecule has 0 unspecified atom stereocenters. The van der Waals surface area contributed by atoms with Gasteiger partial charge in [-0.15, -0.1) is 0 Å². The number of amides is 1. The van der Waals surface area contributed by atoms with Crippen molar-refractivity contribution >= 4 is 44.9 Å². The van der Waals surface area contributed by atoms with E-state index in [0.717, 1.165) is 5.56 Å². The number of benzene rings is 2. The van der Waals surface area contributed by atoms with Gasteiger partial charge in [0.15, 0.2) is 9.84 Å². The molecule has 10 heteroatoms. The molecule has 0 bridgehead atoms. The lowest BCUT2D eigenvalue weighted by atomic mass is 9.89. The fourth-order valence-electron chi connectivity index (χ4n) is 4.50. The molecule has 2 aromatic rings. The Hall–Kier alpha value is -2.13. The topological polar surface area (TPSA) is 101 Å². The molecule has 4 atom stereocenters. The third-order valence-corrected chi connectivity index (χ3v) is 9.80. The van der Waals surface area contributed by atoms with Gasteiger partial charge in [-0.2, -0.15) is 0 Å². The van der Waals surface area contributed by atoms with Crippen LogP contribution in [0.2, 0.25) is 10.0 Å². The van der Waals surface area contributed by atoms with Crippen molar-refractivity contribution in [1.82, 2.24) is 4.90 Å². The molecule has 1 N–H and O–H groups in total. The molecule has 0 radical (unpaired) electrons. The highest BCUT2D eigenvalue weighted by Gasteiger charge is 2.46. The van der Waals surface area contributed by atoms with E-state index >= 15 is 0 Å². The second kappa shape index (κ2) is 11.7. The summed E-state index contributed by atoms with van der Waals surface area (Å²) in [6, 6.07) is 13.1. The van der Waals surface area contributed by atoms with Crippen molar-refractivity contribution in [2.45, 2.75) is 76.0 Å². The minimum absolute atomic E-state index is 0.0126. The standard InChI is InChI=1S/C27H33Cl2NO6S/c1-17(7-6-14-37(34,35)27(2,3)4)30-24(18-10-12-20(28)13-11-18)25(19-8-5-9-21(29)15-19)36-22(26(30)33)16-23(31)32/h5,8-13,15,17,22,24-25H,6-7,14,16H2,1-4H3,(H,31,32)/t17-,22-,24+,25+/m0/s1. The van der Waals surface area contributed by atoms with Crippen LogP contribution >= 0.6 is 23.2 Å². The number of carbonyl (C=O) groups is 2. The summed E-state index contributed by atoms with van der Waals surface area (Å²) in [5.74, 6) is -1.62. The normalized spacial score (nSPS) is 21.6. The van der Waals surface area contributed by atoms with Crippen LogP contribution in [0.15, 0.2) is 48.5 Å². The van der Waals surface area contributed by atoms with Crippen LogP contribution < -0.4 is 0 Å². The van der Waals surface area contributed by atoms with E-state index in [0.29, 0.717) is 28.5 Å². The van der Waals surface area contributed by atoms with Crippen molar-refractivity contribution < 1.29 is 27.9 Å². The summed E-state index contributed by atoms with van der Waals surface area (Å²) in [5, 5.41) is 10.5. The summed E-state index contributed by atoms with van der Waals surface area (Å²) in [4.78, 5) is 26.9. The highest BCUT2D eigenvalue weighted by Crippen LogP contribution is 2.44. The van der Waals surface area contributed by atoms with Crippen LogP contribution in [0.1, 0.15) is 70.2 Å². The predicted octanol–water partition coefficient (Wildman–Crippen LogP) is 5.86. The number of carbonyl (C=O) groups excluding carboxylic acids is 1. The summed E-state index contributed by atoms with van der Waals surface area (Å²) in [6.45, 7) is 6.85. The largest absolute Gasteiger partial charge is 0.481 e. The minimum Gasteiger partial charge on any atom is -0.481 e. The first kappa shape index (κ1) is 29.4. The van der Waals surface area contributed by atoms with Gasteiger partial charge >= 0.3 is 5.97 Å². The van der Waals surface area contributed by atoms with Crippen molar-refractivity contribution in [3.8, 4) is 0 Å². The zero-order valence-electron chi connectivity index (χ0n) is 21.4. The third kappa shape index (κ3) is 7.05. The maximum absolute atomic E-state index is 13.7. The van der Waals surface area contributed by atoms with E-state index < -0.39 is 57.2 Å². The van der Waals surface area contributed by atoms with Gasteiger partial charge in [0.2, 0.25) is 0 Å². The van der Waals surface area contributed by atoms with Crippen LogP contribution in [0.3, 0.4) is 0 Å². The van der Waals surface area contributed by atoms with Crippen molar-refractivity contribution in [2.75, 3.05) is 5.75 Å². The molecule has 1 aliphatic heterocycles. The number of carboxylic acid groups (broad SMARTS) is 1. The Labute approximate surface area is 228 Å². The number of aliphatic carboxylic acids is 1. The molecule has 1 heterocycles. The highest BCUT2D eigenvalue weighted by atomic mass is 35.5. The molecule has 202 valence electrons. The van der Waals surface area contributed by atoms with Crippen LogP contribution in [-0.4, -0.2) is 52.9 Å². The Morgan fingerprint density at radius 2 is 1.73 bits per heavy atom. The van der Waals surface area contributed by atoms with Crippen LogP contribution in [0.4, 0.5) is 0 Å². The number of nitrogens with zero attached hydrogens (tertiary/aromatic N) is 1.